The minimum Gasteiger partial charge on any atom is -0.496 e. The van der Waals surface area contributed by atoms with Crippen LogP contribution in [0, 0.1) is 5.41 Å². The molecule has 0 aliphatic carbocycles. The zero-order chi connectivity index (χ0) is 19.7. The van der Waals surface area contributed by atoms with Crippen molar-refractivity contribution in [1.29, 1.82) is 0 Å². The van der Waals surface area contributed by atoms with E-state index in [4.69, 9.17) is 14.2 Å². The predicted molar refractivity (Wildman–Crippen MR) is 102 cm³/mol. The average molecular weight is 379 g/mol. The molecule has 150 valence electrons. The van der Waals surface area contributed by atoms with Crippen LogP contribution in [0.5, 0.6) is 5.75 Å². The zero-order valence-corrected chi connectivity index (χ0v) is 16.2. The van der Waals surface area contributed by atoms with Crippen LogP contribution in [0.3, 0.4) is 0 Å². The second kappa shape index (κ2) is 10.1. The molecule has 1 aliphatic heterocycles. The summed E-state index contributed by atoms with van der Waals surface area (Å²) < 4.78 is 15.5. The van der Waals surface area contributed by atoms with Gasteiger partial charge in [0, 0.05) is 38.8 Å². The lowest BCUT2D eigenvalue weighted by Gasteiger charge is -2.27. The number of hydrogen-bond donors (Lipinski definition) is 3. The van der Waals surface area contributed by atoms with E-state index in [2.05, 4.69) is 15.6 Å². The number of esters is 1. The van der Waals surface area contributed by atoms with Gasteiger partial charge in [-0.2, -0.15) is 0 Å². The number of nitrogens with zero attached hydrogens (tertiary/aromatic N) is 1. The van der Waals surface area contributed by atoms with E-state index in [9.17, 15) is 9.90 Å². The first-order valence-electron chi connectivity index (χ1n) is 8.96. The summed E-state index contributed by atoms with van der Waals surface area (Å²) in [5.74, 6) is 0.679. The van der Waals surface area contributed by atoms with E-state index in [1.54, 1.807) is 19.2 Å². The molecule has 1 aromatic rings. The largest absolute Gasteiger partial charge is 0.496 e. The molecule has 0 bridgehead atoms. The summed E-state index contributed by atoms with van der Waals surface area (Å²) >= 11 is 0. The van der Waals surface area contributed by atoms with Gasteiger partial charge in [-0.05, 0) is 30.5 Å². The van der Waals surface area contributed by atoms with Crippen molar-refractivity contribution < 1.29 is 24.1 Å². The SMILES string of the molecule is CN=C(NCc1ccc(OC)c(C(=O)OC)c1)NCC1(CCO)CCOC1. The summed E-state index contributed by atoms with van der Waals surface area (Å²) in [5.41, 5.74) is 1.21. The minimum atomic E-state index is -0.441. The molecule has 1 heterocycles. The summed E-state index contributed by atoms with van der Waals surface area (Å²) in [7, 11) is 4.56. The van der Waals surface area contributed by atoms with Crippen molar-refractivity contribution in [1.82, 2.24) is 10.6 Å². The fourth-order valence-electron chi connectivity index (χ4n) is 3.12. The maximum atomic E-state index is 11.9. The van der Waals surface area contributed by atoms with E-state index in [0.29, 0.717) is 43.4 Å². The van der Waals surface area contributed by atoms with Gasteiger partial charge in [-0.3, -0.25) is 4.99 Å². The van der Waals surface area contributed by atoms with Gasteiger partial charge in [0.25, 0.3) is 0 Å². The average Bonchev–Trinajstić information content (AvgIpc) is 3.16. The molecule has 1 unspecified atom stereocenters. The minimum absolute atomic E-state index is 0.0649. The van der Waals surface area contributed by atoms with E-state index in [0.717, 1.165) is 18.6 Å². The van der Waals surface area contributed by atoms with Crippen molar-refractivity contribution in [2.24, 2.45) is 10.4 Å². The van der Waals surface area contributed by atoms with Crippen molar-refractivity contribution in [3.8, 4) is 5.75 Å². The molecule has 0 aromatic heterocycles. The quantitative estimate of drug-likeness (QED) is 0.351. The highest BCUT2D eigenvalue weighted by molar-refractivity contribution is 5.92. The number of aliphatic hydroxyl groups excluding tert-OH is 1. The third-order valence-corrected chi connectivity index (χ3v) is 4.81. The van der Waals surface area contributed by atoms with Gasteiger partial charge < -0.3 is 30.0 Å². The summed E-state index contributed by atoms with van der Waals surface area (Å²) in [6.45, 7) is 2.65. The lowest BCUT2D eigenvalue weighted by Crippen LogP contribution is -2.44. The highest BCUT2D eigenvalue weighted by atomic mass is 16.5. The topological polar surface area (TPSA) is 101 Å². The molecule has 1 atom stereocenters. The molecule has 1 aliphatic rings. The first-order chi connectivity index (χ1) is 13.1. The second-order valence-electron chi connectivity index (χ2n) is 6.58. The Labute approximate surface area is 159 Å². The van der Waals surface area contributed by atoms with Gasteiger partial charge >= 0.3 is 5.97 Å². The molecule has 0 radical (unpaired) electrons. The molecule has 2 rings (SSSR count). The zero-order valence-electron chi connectivity index (χ0n) is 16.2. The standard InChI is InChI=1S/C19H29N3O5/c1-20-18(22-12-19(6-8-23)7-9-27-13-19)21-11-14-4-5-16(25-2)15(10-14)17(24)26-3/h4-5,10,23H,6-9,11-13H2,1-3H3,(H2,20,21,22). The van der Waals surface area contributed by atoms with E-state index in [-0.39, 0.29) is 12.0 Å². The van der Waals surface area contributed by atoms with E-state index >= 15 is 0 Å². The van der Waals surface area contributed by atoms with Crippen molar-refractivity contribution >= 4 is 11.9 Å². The van der Waals surface area contributed by atoms with Gasteiger partial charge in [-0.1, -0.05) is 6.07 Å². The van der Waals surface area contributed by atoms with Gasteiger partial charge in [0.05, 0.1) is 20.8 Å². The summed E-state index contributed by atoms with van der Waals surface area (Å²) in [6.07, 6.45) is 1.61. The van der Waals surface area contributed by atoms with Crippen LogP contribution in [-0.2, 0) is 16.0 Å². The molecular formula is C19H29N3O5. The smallest absolute Gasteiger partial charge is 0.341 e. The Morgan fingerprint density at radius 2 is 2.19 bits per heavy atom. The van der Waals surface area contributed by atoms with Gasteiger partial charge in [0.15, 0.2) is 5.96 Å². The Morgan fingerprint density at radius 1 is 1.37 bits per heavy atom. The molecule has 8 nitrogen and oxygen atoms in total. The Bertz CT molecular complexity index is 657. The number of rotatable bonds is 8. The molecule has 1 fully saturated rings. The maximum Gasteiger partial charge on any atom is 0.341 e. The van der Waals surface area contributed by atoms with E-state index < -0.39 is 5.97 Å². The van der Waals surface area contributed by atoms with Crippen molar-refractivity contribution in [2.75, 3.05) is 47.6 Å². The summed E-state index contributed by atoms with van der Waals surface area (Å²) in [6, 6.07) is 5.36. The number of carbonyl (C=O) groups is 1. The van der Waals surface area contributed by atoms with Crippen LogP contribution in [0.2, 0.25) is 0 Å². The molecule has 0 amide bonds. The van der Waals surface area contributed by atoms with Crippen LogP contribution in [0.1, 0.15) is 28.8 Å². The number of carbonyl (C=O) groups excluding carboxylic acids is 1. The van der Waals surface area contributed by atoms with Crippen LogP contribution in [-0.4, -0.2) is 64.7 Å². The van der Waals surface area contributed by atoms with Crippen LogP contribution >= 0.6 is 0 Å². The Kier molecular flexibility index (Phi) is 7.87. The number of aliphatic imine (C=N–C) groups is 1. The van der Waals surface area contributed by atoms with E-state index in [1.807, 2.05) is 6.07 Å². The van der Waals surface area contributed by atoms with Crippen molar-refractivity contribution in [3.63, 3.8) is 0 Å². The first kappa shape index (κ1) is 21.0. The third-order valence-electron chi connectivity index (χ3n) is 4.81. The summed E-state index contributed by atoms with van der Waals surface area (Å²) in [5, 5.41) is 15.9. The van der Waals surface area contributed by atoms with Gasteiger partial charge in [0.2, 0.25) is 0 Å². The molecule has 0 saturated carbocycles. The van der Waals surface area contributed by atoms with E-state index in [1.165, 1.54) is 14.2 Å². The molecule has 3 N–H and O–H groups in total. The third kappa shape index (κ3) is 5.58. The number of aliphatic hydroxyl groups is 1. The number of guanidine groups is 1. The Morgan fingerprint density at radius 3 is 2.78 bits per heavy atom. The fraction of sp³-hybridized carbons (Fsp3) is 0.579. The Hall–Kier alpha value is -2.32. The van der Waals surface area contributed by atoms with Gasteiger partial charge in [0.1, 0.15) is 11.3 Å². The van der Waals surface area contributed by atoms with Crippen LogP contribution in [0.4, 0.5) is 0 Å². The number of benzene rings is 1. The van der Waals surface area contributed by atoms with Crippen molar-refractivity contribution in [2.45, 2.75) is 19.4 Å². The molecule has 8 heteroatoms. The fourth-order valence-corrected chi connectivity index (χ4v) is 3.12. The summed E-state index contributed by atoms with van der Waals surface area (Å²) in [4.78, 5) is 16.1. The number of hydrogen-bond acceptors (Lipinski definition) is 6. The number of nitrogens with one attached hydrogen (secondary N) is 2. The Balaban J connectivity index is 1.96. The second-order valence-corrected chi connectivity index (χ2v) is 6.58. The molecule has 0 spiro atoms. The van der Waals surface area contributed by atoms with Gasteiger partial charge in [-0.15, -0.1) is 0 Å². The van der Waals surface area contributed by atoms with Crippen LogP contribution < -0.4 is 15.4 Å². The highest BCUT2D eigenvalue weighted by Crippen LogP contribution is 2.31. The van der Waals surface area contributed by atoms with Crippen LogP contribution in [0.15, 0.2) is 23.2 Å². The maximum absolute atomic E-state index is 11.9. The molecule has 27 heavy (non-hydrogen) atoms. The van der Waals surface area contributed by atoms with Crippen LogP contribution in [0.25, 0.3) is 0 Å². The lowest BCUT2D eigenvalue weighted by atomic mass is 9.84. The predicted octanol–water partition coefficient (Wildman–Crippen LogP) is 0.936. The first-order valence-corrected chi connectivity index (χ1v) is 8.96. The molecular weight excluding hydrogens is 350 g/mol. The van der Waals surface area contributed by atoms with Crippen molar-refractivity contribution in [3.05, 3.63) is 29.3 Å². The number of methoxy groups -OCH3 is 2. The highest BCUT2D eigenvalue weighted by Gasteiger charge is 2.34. The lowest BCUT2D eigenvalue weighted by molar-refractivity contribution is 0.0597. The monoisotopic (exact) mass is 379 g/mol. The molecule has 1 saturated heterocycles. The normalized spacial score (nSPS) is 19.6. The number of ether oxygens (including phenoxy) is 3. The van der Waals surface area contributed by atoms with Gasteiger partial charge in [-0.25, -0.2) is 4.79 Å². The molecule has 1 aromatic carbocycles.